The summed E-state index contributed by atoms with van der Waals surface area (Å²) in [5.74, 6) is 0.885. The van der Waals surface area contributed by atoms with Crippen LogP contribution in [0.25, 0.3) is 10.9 Å². The molecule has 0 unspecified atom stereocenters. The number of fused-ring (bicyclic) bond motifs is 1. The fraction of sp³-hybridized carbons (Fsp3) is 0.158. The predicted molar refractivity (Wildman–Crippen MR) is 97.8 cm³/mol. The summed E-state index contributed by atoms with van der Waals surface area (Å²) >= 11 is 0. The molecule has 0 fully saturated rings. The molecule has 0 atom stereocenters. The molecule has 1 aromatic heterocycles. The van der Waals surface area contributed by atoms with E-state index in [0.717, 1.165) is 27.9 Å². The van der Waals surface area contributed by atoms with Crippen LogP contribution in [0.4, 0.5) is 11.4 Å². The number of nitrogens with one attached hydrogen (secondary N) is 1. The summed E-state index contributed by atoms with van der Waals surface area (Å²) in [6.45, 7) is 1.96. The molecule has 6 heteroatoms. The predicted octanol–water partition coefficient (Wildman–Crippen LogP) is 3.40. The van der Waals surface area contributed by atoms with Crippen LogP contribution in [0, 0.1) is 6.92 Å². The van der Waals surface area contributed by atoms with E-state index < -0.39 is 5.91 Å². The average Bonchev–Trinajstić information content (AvgIpc) is 2.62. The zero-order valence-corrected chi connectivity index (χ0v) is 14.3. The standard InChI is InChI=1S/C19H19N3O3/c1-11-8-12(24-2)4-6-16(11)22-18-14-9-13(25-3)5-7-17(14)21-10-15(18)19(20)23/h4-10H,1-3H3,(H2,20,23)(H,21,22). The molecule has 0 bridgehead atoms. The van der Waals surface area contributed by atoms with Crippen molar-refractivity contribution in [2.75, 3.05) is 19.5 Å². The molecule has 0 saturated heterocycles. The van der Waals surface area contributed by atoms with Crippen molar-refractivity contribution in [3.8, 4) is 11.5 Å². The van der Waals surface area contributed by atoms with Gasteiger partial charge in [-0.2, -0.15) is 0 Å². The Hall–Kier alpha value is -3.28. The van der Waals surface area contributed by atoms with Crippen molar-refractivity contribution in [3.63, 3.8) is 0 Å². The highest BCUT2D eigenvalue weighted by molar-refractivity contribution is 6.07. The number of rotatable bonds is 5. The van der Waals surface area contributed by atoms with Gasteiger partial charge in [0.15, 0.2) is 0 Å². The molecule has 3 N–H and O–H groups in total. The minimum atomic E-state index is -0.550. The Balaban J connectivity index is 2.18. The van der Waals surface area contributed by atoms with E-state index in [-0.39, 0.29) is 0 Å². The number of pyridine rings is 1. The van der Waals surface area contributed by atoms with Gasteiger partial charge >= 0.3 is 0 Å². The monoisotopic (exact) mass is 337 g/mol. The molecule has 1 amide bonds. The number of primary amides is 1. The molecule has 6 nitrogen and oxygen atoms in total. The van der Waals surface area contributed by atoms with Gasteiger partial charge in [0, 0.05) is 17.3 Å². The Kier molecular flexibility index (Phi) is 4.43. The zero-order chi connectivity index (χ0) is 18.0. The normalized spacial score (nSPS) is 10.5. The minimum Gasteiger partial charge on any atom is -0.497 e. The molecule has 3 rings (SSSR count). The highest BCUT2D eigenvalue weighted by atomic mass is 16.5. The van der Waals surface area contributed by atoms with Crippen molar-refractivity contribution in [2.45, 2.75) is 6.92 Å². The third-order valence-corrected chi connectivity index (χ3v) is 4.03. The van der Waals surface area contributed by atoms with Crippen molar-refractivity contribution in [1.82, 2.24) is 4.98 Å². The number of hydrogen-bond acceptors (Lipinski definition) is 5. The molecule has 0 aliphatic carbocycles. The van der Waals surface area contributed by atoms with Crippen molar-refractivity contribution in [1.29, 1.82) is 0 Å². The number of hydrogen-bond donors (Lipinski definition) is 2. The van der Waals surface area contributed by atoms with E-state index >= 15 is 0 Å². The van der Waals surface area contributed by atoms with Gasteiger partial charge in [-0.3, -0.25) is 9.78 Å². The Morgan fingerprint density at radius 1 is 1.08 bits per heavy atom. The van der Waals surface area contributed by atoms with Crippen LogP contribution in [0.15, 0.2) is 42.6 Å². The fourth-order valence-electron chi connectivity index (χ4n) is 2.66. The molecule has 0 aliphatic rings. The number of aromatic nitrogens is 1. The first-order chi connectivity index (χ1) is 12.0. The summed E-state index contributed by atoms with van der Waals surface area (Å²) in [6, 6.07) is 11.1. The van der Waals surface area contributed by atoms with Gasteiger partial charge < -0.3 is 20.5 Å². The molecule has 2 aromatic carbocycles. The highest BCUT2D eigenvalue weighted by Crippen LogP contribution is 2.33. The third-order valence-electron chi connectivity index (χ3n) is 4.03. The molecule has 0 radical (unpaired) electrons. The number of ether oxygens (including phenoxy) is 2. The molecule has 25 heavy (non-hydrogen) atoms. The van der Waals surface area contributed by atoms with Gasteiger partial charge in [0.2, 0.25) is 0 Å². The van der Waals surface area contributed by atoms with Gasteiger partial charge in [-0.1, -0.05) is 0 Å². The summed E-state index contributed by atoms with van der Waals surface area (Å²) in [5, 5.41) is 4.07. The maximum Gasteiger partial charge on any atom is 0.252 e. The molecular formula is C19H19N3O3. The Morgan fingerprint density at radius 2 is 1.76 bits per heavy atom. The number of amides is 1. The smallest absolute Gasteiger partial charge is 0.252 e. The number of nitrogens with zero attached hydrogens (tertiary/aromatic N) is 1. The van der Waals surface area contributed by atoms with Crippen LogP contribution >= 0.6 is 0 Å². The molecule has 128 valence electrons. The third kappa shape index (κ3) is 3.19. The minimum absolute atomic E-state index is 0.316. The van der Waals surface area contributed by atoms with Crippen LogP contribution in [0.3, 0.4) is 0 Å². The van der Waals surface area contributed by atoms with E-state index in [2.05, 4.69) is 10.3 Å². The lowest BCUT2D eigenvalue weighted by Crippen LogP contribution is -2.14. The molecule has 0 spiro atoms. The number of methoxy groups -OCH3 is 2. The zero-order valence-electron chi connectivity index (χ0n) is 14.3. The second kappa shape index (κ2) is 6.68. The van der Waals surface area contributed by atoms with E-state index in [9.17, 15) is 4.79 Å². The Morgan fingerprint density at radius 3 is 2.40 bits per heavy atom. The van der Waals surface area contributed by atoms with Gasteiger partial charge in [-0.25, -0.2) is 0 Å². The maximum atomic E-state index is 11.9. The number of carbonyl (C=O) groups excluding carboxylic acids is 1. The SMILES string of the molecule is COc1ccc(Nc2c(C(N)=O)cnc3ccc(OC)cc23)c(C)c1. The number of benzene rings is 2. The van der Waals surface area contributed by atoms with Crippen molar-refractivity contribution < 1.29 is 14.3 Å². The Labute approximate surface area is 145 Å². The lowest BCUT2D eigenvalue weighted by Gasteiger charge is -2.16. The molecule has 0 aliphatic heterocycles. The van der Waals surface area contributed by atoms with Gasteiger partial charge in [0.05, 0.1) is 31.0 Å². The maximum absolute atomic E-state index is 11.9. The van der Waals surface area contributed by atoms with Crippen LogP contribution in [0.1, 0.15) is 15.9 Å². The summed E-state index contributed by atoms with van der Waals surface area (Å²) < 4.78 is 10.5. The summed E-state index contributed by atoms with van der Waals surface area (Å²) in [7, 11) is 3.21. The lowest BCUT2D eigenvalue weighted by molar-refractivity contribution is 0.100. The van der Waals surface area contributed by atoms with Gasteiger partial charge in [-0.15, -0.1) is 0 Å². The van der Waals surface area contributed by atoms with Crippen molar-refractivity contribution in [3.05, 3.63) is 53.7 Å². The first kappa shape index (κ1) is 16.6. The van der Waals surface area contributed by atoms with Crippen LogP contribution in [-0.4, -0.2) is 25.1 Å². The van der Waals surface area contributed by atoms with E-state index in [1.165, 1.54) is 6.20 Å². The molecule has 0 saturated carbocycles. The van der Waals surface area contributed by atoms with E-state index in [0.29, 0.717) is 17.0 Å². The van der Waals surface area contributed by atoms with Crippen LogP contribution in [0.5, 0.6) is 11.5 Å². The first-order valence-corrected chi connectivity index (χ1v) is 7.71. The number of carbonyl (C=O) groups is 1. The summed E-state index contributed by atoms with van der Waals surface area (Å²) in [4.78, 5) is 16.2. The first-order valence-electron chi connectivity index (χ1n) is 7.71. The van der Waals surface area contributed by atoms with Crippen molar-refractivity contribution >= 4 is 28.2 Å². The van der Waals surface area contributed by atoms with Crippen molar-refractivity contribution in [2.24, 2.45) is 5.73 Å². The van der Waals surface area contributed by atoms with E-state index in [4.69, 9.17) is 15.2 Å². The van der Waals surface area contributed by atoms with Gasteiger partial charge in [0.25, 0.3) is 5.91 Å². The number of anilines is 2. The summed E-state index contributed by atoms with van der Waals surface area (Å²) in [6.07, 6.45) is 1.48. The molecular weight excluding hydrogens is 318 g/mol. The van der Waals surface area contributed by atoms with E-state index in [1.807, 2.05) is 43.3 Å². The number of aryl methyl sites for hydroxylation is 1. The second-order valence-corrected chi connectivity index (χ2v) is 5.60. The topological polar surface area (TPSA) is 86.5 Å². The Bertz CT molecular complexity index is 954. The quantitative estimate of drug-likeness (QED) is 0.745. The van der Waals surface area contributed by atoms with E-state index in [1.54, 1.807) is 14.2 Å². The average molecular weight is 337 g/mol. The summed E-state index contributed by atoms with van der Waals surface area (Å²) in [5.41, 5.74) is 9.02. The van der Waals surface area contributed by atoms with Crippen LogP contribution < -0.4 is 20.5 Å². The lowest BCUT2D eigenvalue weighted by atomic mass is 10.1. The van der Waals surface area contributed by atoms with Crippen LogP contribution in [-0.2, 0) is 0 Å². The van der Waals surface area contributed by atoms with Gasteiger partial charge in [-0.05, 0) is 48.9 Å². The number of nitrogens with two attached hydrogens (primary N) is 1. The highest BCUT2D eigenvalue weighted by Gasteiger charge is 2.15. The van der Waals surface area contributed by atoms with Gasteiger partial charge in [0.1, 0.15) is 11.5 Å². The molecule has 1 heterocycles. The fourth-order valence-corrected chi connectivity index (χ4v) is 2.66. The van der Waals surface area contributed by atoms with Crippen LogP contribution in [0.2, 0.25) is 0 Å². The largest absolute Gasteiger partial charge is 0.497 e. The second-order valence-electron chi connectivity index (χ2n) is 5.60. The molecule has 3 aromatic rings.